The Morgan fingerprint density at radius 3 is 2.73 bits per heavy atom. The van der Waals surface area contributed by atoms with E-state index in [0.717, 1.165) is 10.8 Å². The van der Waals surface area contributed by atoms with Gasteiger partial charge in [0.15, 0.2) is 10.2 Å². The molecule has 1 aromatic heterocycles. The molecule has 0 aliphatic carbocycles. The maximum Gasteiger partial charge on any atom is 0.189 e. The topological polar surface area (TPSA) is 37.0 Å². The third-order valence-electron chi connectivity index (χ3n) is 3.48. The summed E-state index contributed by atoms with van der Waals surface area (Å²) in [6, 6.07) is 14.8. The number of thiazole rings is 1. The van der Waals surface area contributed by atoms with Crippen molar-refractivity contribution < 1.29 is 0 Å². The van der Waals surface area contributed by atoms with E-state index in [0.29, 0.717) is 5.11 Å². The van der Waals surface area contributed by atoms with Crippen LogP contribution in [0.2, 0.25) is 0 Å². The summed E-state index contributed by atoms with van der Waals surface area (Å²) in [5.74, 6) is 0. The van der Waals surface area contributed by atoms with E-state index in [9.17, 15) is 0 Å². The number of aryl methyl sites for hydroxylation is 1. The fourth-order valence-corrected chi connectivity index (χ4v) is 3.48. The lowest BCUT2D eigenvalue weighted by Crippen LogP contribution is -2.30. The van der Waals surface area contributed by atoms with Crippen molar-refractivity contribution in [1.82, 2.24) is 10.3 Å². The van der Waals surface area contributed by atoms with E-state index in [4.69, 9.17) is 12.2 Å². The average Bonchev–Trinajstić information content (AvgIpc) is 2.91. The third-order valence-corrected chi connectivity index (χ3v) is 4.57. The molecule has 0 aliphatic heterocycles. The predicted octanol–water partition coefficient (Wildman–Crippen LogP) is 4.65. The zero-order valence-corrected chi connectivity index (χ0v) is 14.1. The SMILES string of the molecule is Cc1csc(NC(=S)NC(C)c2cccc3ccccc23)n1. The van der Waals surface area contributed by atoms with Gasteiger partial charge in [-0.25, -0.2) is 4.98 Å². The van der Waals surface area contributed by atoms with Crippen LogP contribution in [0.4, 0.5) is 5.13 Å². The highest BCUT2D eigenvalue weighted by Crippen LogP contribution is 2.24. The van der Waals surface area contributed by atoms with Gasteiger partial charge in [0.25, 0.3) is 0 Å². The van der Waals surface area contributed by atoms with E-state index >= 15 is 0 Å². The predicted molar refractivity (Wildman–Crippen MR) is 98.6 cm³/mol. The van der Waals surface area contributed by atoms with E-state index in [-0.39, 0.29) is 6.04 Å². The van der Waals surface area contributed by atoms with Crippen LogP contribution < -0.4 is 10.6 Å². The van der Waals surface area contributed by atoms with Gasteiger partial charge in [0, 0.05) is 5.38 Å². The van der Waals surface area contributed by atoms with Crippen LogP contribution in [0, 0.1) is 6.92 Å². The second-order valence-electron chi connectivity index (χ2n) is 5.18. The van der Waals surface area contributed by atoms with Gasteiger partial charge in [-0.15, -0.1) is 11.3 Å². The molecule has 112 valence electrons. The lowest BCUT2D eigenvalue weighted by Gasteiger charge is -2.18. The first-order chi connectivity index (χ1) is 10.6. The van der Waals surface area contributed by atoms with E-state index in [1.165, 1.54) is 16.3 Å². The van der Waals surface area contributed by atoms with E-state index in [1.54, 1.807) is 11.3 Å². The Bertz CT molecular complexity index is 805. The standard InChI is InChI=1S/C17H17N3S2/c1-11-10-22-17(18-11)20-16(21)19-12(2)14-9-5-7-13-6-3-4-8-15(13)14/h3-10,12H,1-2H3,(H2,18,19,20,21). The first kappa shape index (κ1) is 14.9. The normalized spacial score (nSPS) is 12.1. The van der Waals surface area contributed by atoms with Gasteiger partial charge in [-0.1, -0.05) is 42.5 Å². The monoisotopic (exact) mass is 327 g/mol. The summed E-state index contributed by atoms with van der Waals surface area (Å²) in [6.07, 6.45) is 0. The molecule has 0 saturated heterocycles. The zero-order chi connectivity index (χ0) is 15.5. The Morgan fingerprint density at radius 1 is 1.18 bits per heavy atom. The number of rotatable bonds is 3. The minimum atomic E-state index is 0.118. The number of thiocarbonyl (C=S) groups is 1. The Labute approximate surface area is 139 Å². The van der Waals surface area contributed by atoms with E-state index < -0.39 is 0 Å². The van der Waals surface area contributed by atoms with Gasteiger partial charge < -0.3 is 10.6 Å². The minimum Gasteiger partial charge on any atom is -0.356 e. The smallest absolute Gasteiger partial charge is 0.189 e. The second kappa shape index (κ2) is 6.42. The largest absolute Gasteiger partial charge is 0.356 e. The summed E-state index contributed by atoms with van der Waals surface area (Å²) in [4.78, 5) is 4.36. The molecule has 3 rings (SSSR count). The van der Waals surface area contributed by atoms with Crippen LogP contribution in [0.25, 0.3) is 10.8 Å². The van der Waals surface area contributed by atoms with Crippen LogP contribution in [-0.4, -0.2) is 10.1 Å². The van der Waals surface area contributed by atoms with Gasteiger partial charge in [-0.05, 0) is 42.4 Å². The number of anilines is 1. The highest BCUT2D eigenvalue weighted by molar-refractivity contribution is 7.80. The molecule has 0 aliphatic rings. The van der Waals surface area contributed by atoms with Crippen molar-refractivity contribution in [3.8, 4) is 0 Å². The lowest BCUT2D eigenvalue weighted by atomic mass is 10.00. The van der Waals surface area contributed by atoms with Crippen LogP contribution in [-0.2, 0) is 0 Å². The molecule has 3 nitrogen and oxygen atoms in total. The minimum absolute atomic E-state index is 0.118. The van der Waals surface area contributed by atoms with Crippen LogP contribution >= 0.6 is 23.6 Å². The molecule has 1 heterocycles. The lowest BCUT2D eigenvalue weighted by molar-refractivity contribution is 0.729. The van der Waals surface area contributed by atoms with Crippen molar-refractivity contribution in [1.29, 1.82) is 0 Å². The van der Waals surface area contributed by atoms with Crippen molar-refractivity contribution in [3.63, 3.8) is 0 Å². The van der Waals surface area contributed by atoms with Crippen molar-refractivity contribution in [2.45, 2.75) is 19.9 Å². The maximum atomic E-state index is 5.39. The number of nitrogens with zero attached hydrogens (tertiary/aromatic N) is 1. The number of aromatic nitrogens is 1. The number of nitrogens with one attached hydrogen (secondary N) is 2. The molecule has 2 aromatic carbocycles. The number of fused-ring (bicyclic) bond motifs is 1. The van der Waals surface area contributed by atoms with Gasteiger partial charge >= 0.3 is 0 Å². The molecule has 5 heteroatoms. The number of hydrogen-bond acceptors (Lipinski definition) is 3. The van der Waals surface area contributed by atoms with Crippen LogP contribution in [0.15, 0.2) is 47.8 Å². The van der Waals surface area contributed by atoms with Gasteiger partial charge in [0.2, 0.25) is 0 Å². The molecular formula is C17H17N3S2. The van der Waals surface area contributed by atoms with Crippen molar-refractivity contribution in [2.24, 2.45) is 0 Å². The molecule has 0 saturated carbocycles. The second-order valence-corrected chi connectivity index (χ2v) is 6.45. The highest BCUT2D eigenvalue weighted by Gasteiger charge is 2.11. The van der Waals surface area contributed by atoms with Gasteiger partial charge in [0.05, 0.1) is 11.7 Å². The fraction of sp³-hybridized carbons (Fsp3) is 0.176. The first-order valence-electron chi connectivity index (χ1n) is 7.11. The molecule has 0 fully saturated rings. The Kier molecular flexibility index (Phi) is 4.36. The molecule has 1 atom stereocenters. The summed E-state index contributed by atoms with van der Waals surface area (Å²) < 4.78 is 0. The quantitative estimate of drug-likeness (QED) is 0.687. The molecular weight excluding hydrogens is 310 g/mol. The molecule has 0 bridgehead atoms. The summed E-state index contributed by atoms with van der Waals surface area (Å²) in [6.45, 7) is 4.08. The van der Waals surface area contributed by atoms with Gasteiger partial charge in [0.1, 0.15) is 0 Å². The first-order valence-corrected chi connectivity index (χ1v) is 8.39. The molecule has 0 amide bonds. The Morgan fingerprint density at radius 2 is 1.95 bits per heavy atom. The van der Waals surface area contributed by atoms with Crippen LogP contribution in [0.3, 0.4) is 0 Å². The molecule has 0 spiro atoms. The molecule has 22 heavy (non-hydrogen) atoms. The Balaban J connectivity index is 1.75. The third kappa shape index (κ3) is 3.26. The average molecular weight is 327 g/mol. The molecule has 2 N–H and O–H groups in total. The van der Waals surface area contributed by atoms with Gasteiger partial charge in [-0.2, -0.15) is 0 Å². The van der Waals surface area contributed by atoms with Gasteiger partial charge in [-0.3, -0.25) is 0 Å². The maximum absolute atomic E-state index is 5.39. The Hall–Kier alpha value is -1.98. The van der Waals surface area contributed by atoms with E-state index in [2.05, 4.69) is 65.0 Å². The van der Waals surface area contributed by atoms with Crippen LogP contribution in [0.5, 0.6) is 0 Å². The van der Waals surface area contributed by atoms with Crippen molar-refractivity contribution in [2.75, 3.05) is 5.32 Å². The number of hydrogen-bond donors (Lipinski definition) is 2. The summed E-state index contributed by atoms with van der Waals surface area (Å²) in [5, 5.41) is 12.4. The fourth-order valence-electron chi connectivity index (χ4n) is 2.45. The summed E-state index contributed by atoms with van der Waals surface area (Å²) in [7, 11) is 0. The number of benzene rings is 2. The molecule has 3 aromatic rings. The van der Waals surface area contributed by atoms with Crippen LogP contribution in [0.1, 0.15) is 24.2 Å². The molecule has 0 radical (unpaired) electrons. The summed E-state index contributed by atoms with van der Waals surface area (Å²) >= 11 is 6.94. The molecule has 1 unspecified atom stereocenters. The van der Waals surface area contributed by atoms with E-state index in [1.807, 2.05) is 12.3 Å². The summed E-state index contributed by atoms with van der Waals surface area (Å²) in [5.41, 5.74) is 2.23. The zero-order valence-electron chi connectivity index (χ0n) is 12.5. The van der Waals surface area contributed by atoms with Crippen molar-refractivity contribution in [3.05, 3.63) is 59.1 Å². The highest BCUT2D eigenvalue weighted by atomic mass is 32.1. The van der Waals surface area contributed by atoms with Crippen molar-refractivity contribution >= 4 is 44.6 Å².